The van der Waals surface area contributed by atoms with Crippen LogP contribution in [0, 0.1) is 0 Å². The molecule has 0 saturated heterocycles. The molecule has 0 aliphatic heterocycles. The van der Waals surface area contributed by atoms with Gasteiger partial charge in [0.15, 0.2) is 0 Å². The van der Waals surface area contributed by atoms with E-state index in [1.165, 1.54) is 31.4 Å². The summed E-state index contributed by atoms with van der Waals surface area (Å²) in [6, 6.07) is 6.84. The number of methoxy groups -OCH3 is 1. The van der Waals surface area contributed by atoms with Crippen molar-refractivity contribution in [1.29, 1.82) is 0 Å². The van der Waals surface area contributed by atoms with Crippen molar-refractivity contribution in [2.75, 3.05) is 7.11 Å². The quantitative estimate of drug-likeness (QED) is 0.854. The molecule has 1 aromatic heterocycles. The molecule has 7 heteroatoms. The molecule has 1 N–H and O–H groups in total. The Bertz CT molecular complexity index is 588. The van der Waals surface area contributed by atoms with Crippen LogP contribution in [0.4, 0.5) is 13.2 Å². The Morgan fingerprint density at radius 3 is 2.37 bits per heavy atom. The van der Waals surface area contributed by atoms with E-state index < -0.39 is 17.8 Å². The SMILES string of the molecule is COC(=O)c1ccc(-c2cc(C(F)(F)F)[nH]n2)cc1. The number of carbonyl (C=O) groups excluding carboxylic acids is 1. The van der Waals surface area contributed by atoms with Crippen molar-refractivity contribution < 1.29 is 22.7 Å². The lowest BCUT2D eigenvalue weighted by molar-refractivity contribution is -0.141. The van der Waals surface area contributed by atoms with E-state index in [0.29, 0.717) is 11.1 Å². The second-order valence-corrected chi connectivity index (χ2v) is 3.73. The molecule has 0 fully saturated rings. The molecule has 0 bridgehead atoms. The van der Waals surface area contributed by atoms with Crippen LogP contribution < -0.4 is 0 Å². The third kappa shape index (κ3) is 2.75. The lowest BCUT2D eigenvalue weighted by atomic mass is 10.1. The molecule has 100 valence electrons. The van der Waals surface area contributed by atoms with Crippen LogP contribution in [-0.2, 0) is 10.9 Å². The lowest BCUT2D eigenvalue weighted by Crippen LogP contribution is -2.04. The van der Waals surface area contributed by atoms with Crippen molar-refractivity contribution >= 4 is 5.97 Å². The first-order chi connectivity index (χ1) is 8.91. The number of alkyl halides is 3. The predicted octanol–water partition coefficient (Wildman–Crippen LogP) is 2.88. The summed E-state index contributed by atoms with van der Waals surface area (Å²) < 4.78 is 41.7. The van der Waals surface area contributed by atoms with E-state index in [0.717, 1.165) is 6.07 Å². The summed E-state index contributed by atoms with van der Waals surface area (Å²) in [5.74, 6) is -0.510. The maximum Gasteiger partial charge on any atom is 0.432 e. The maximum absolute atomic E-state index is 12.4. The van der Waals surface area contributed by atoms with Crippen molar-refractivity contribution in [1.82, 2.24) is 10.2 Å². The van der Waals surface area contributed by atoms with Crippen LogP contribution in [0.3, 0.4) is 0 Å². The molecule has 2 aromatic rings. The normalized spacial score (nSPS) is 11.4. The molecule has 0 aliphatic carbocycles. The van der Waals surface area contributed by atoms with Crippen LogP contribution in [0.15, 0.2) is 30.3 Å². The number of nitrogens with zero attached hydrogens (tertiary/aromatic N) is 1. The van der Waals surface area contributed by atoms with Gasteiger partial charge in [0, 0.05) is 5.56 Å². The molecule has 1 aromatic carbocycles. The van der Waals surface area contributed by atoms with Crippen molar-refractivity contribution in [2.24, 2.45) is 0 Å². The predicted molar refractivity (Wildman–Crippen MR) is 60.4 cm³/mol. The van der Waals surface area contributed by atoms with Crippen LogP contribution in [-0.4, -0.2) is 23.3 Å². The number of aromatic nitrogens is 2. The number of nitrogens with one attached hydrogen (secondary N) is 1. The molecule has 4 nitrogen and oxygen atoms in total. The topological polar surface area (TPSA) is 55.0 Å². The van der Waals surface area contributed by atoms with Gasteiger partial charge >= 0.3 is 12.1 Å². The number of halogens is 3. The van der Waals surface area contributed by atoms with Gasteiger partial charge in [-0.2, -0.15) is 18.3 Å². The minimum Gasteiger partial charge on any atom is -0.465 e. The fourth-order valence-electron chi connectivity index (χ4n) is 1.51. The van der Waals surface area contributed by atoms with Gasteiger partial charge in [-0.3, -0.25) is 5.10 Å². The summed E-state index contributed by atoms with van der Waals surface area (Å²) in [6.45, 7) is 0. The standard InChI is InChI=1S/C12H9F3N2O2/c1-19-11(18)8-4-2-7(3-5-8)9-6-10(17-16-9)12(13,14)15/h2-6H,1H3,(H,16,17). The number of aromatic amines is 1. The Kier molecular flexibility index (Phi) is 3.28. The number of ether oxygens (including phenoxy) is 1. The monoisotopic (exact) mass is 270 g/mol. The molecule has 2 rings (SSSR count). The number of esters is 1. The van der Waals surface area contributed by atoms with Crippen LogP contribution in [0.2, 0.25) is 0 Å². The van der Waals surface area contributed by atoms with Crippen LogP contribution in [0.25, 0.3) is 11.3 Å². The second kappa shape index (κ2) is 4.75. The number of benzene rings is 1. The summed E-state index contributed by atoms with van der Waals surface area (Å²) in [4.78, 5) is 11.2. The zero-order valence-corrected chi connectivity index (χ0v) is 9.78. The van der Waals surface area contributed by atoms with E-state index in [1.807, 2.05) is 5.10 Å². The first kappa shape index (κ1) is 13.1. The molecule has 0 spiro atoms. The number of H-pyrrole nitrogens is 1. The summed E-state index contributed by atoms with van der Waals surface area (Å²) in [5.41, 5.74) is 0.0283. The average molecular weight is 270 g/mol. The Labute approximate surface area is 106 Å². The maximum atomic E-state index is 12.4. The first-order valence-electron chi connectivity index (χ1n) is 5.23. The third-order valence-corrected chi connectivity index (χ3v) is 2.49. The summed E-state index contributed by atoms with van der Waals surface area (Å²) in [6.07, 6.45) is -4.46. The number of hydrogen-bond donors (Lipinski definition) is 1. The van der Waals surface area contributed by atoms with Gasteiger partial charge in [0.1, 0.15) is 5.69 Å². The Hall–Kier alpha value is -2.31. The van der Waals surface area contributed by atoms with Crippen LogP contribution >= 0.6 is 0 Å². The number of hydrogen-bond acceptors (Lipinski definition) is 3. The van der Waals surface area contributed by atoms with Gasteiger partial charge in [-0.05, 0) is 18.2 Å². The Morgan fingerprint density at radius 1 is 1.26 bits per heavy atom. The first-order valence-corrected chi connectivity index (χ1v) is 5.23. The van der Waals surface area contributed by atoms with E-state index in [1.54, 1.807) is 0 Å². The molecular weight excluding hydrogens is 261 g/mol. The van der Waals surface area contributed by atoms with E-state index >= 15 is 0 Å². The summed E-state index contributed by atoms with van der Waals surface area (Å²) in [5, 5.41) is 5.51. The van der Waals surface area contributed by atoms with Crippen molar-refractivity contribution in [3.8, 4) is 11.3 Å². The lowest BCUT2D eigenvalue weighted by Gasteiger charge is -2.01. The number of rotatable bonds is 2. The van der Waals surface area contributed by atoms with Gasteiger partial charge in [-0.15, -0.1) is 0 Å². The van der Waals surface area contributed by atoms with E-state index in [-0.39, 0.29) is 5.69 Å². The molecule has 1 heterocycles. The van der Waals surface area contributed by atoms with E-state index in [2.05, 4.69) is 9.84 Å². The molecule has 0 saturated carbocycles. The van der Waals surface area contributed by atoms with Gasteiger partial charge < -0.3 is 4.74 Å². The highest BCUT2D eigenvalue weighted by Crippen LogP contribution is 2.30. The van der Waals surface area contributed by atoms with Gasteiger partial charge in [-0.25, -0.2) is 4.79 Å². The Balaban J connectivity index is 2.28. The van der Waals surface area contributed by atoms with Crippen molar-refractivity contribution in [3.05, 3.63) is 41.6 Å². The molecule has 0 atom stereocenters. The Morgan fingerprint density at radius 2 is 1.89 bits per heavy atom. The molecule has 19 heavy (non-hydrogen) atoms. The highest BCUT2D eigenvalue weighted by molar-refractivity contribution is 5.89. The van der Waals surface area contributed by atoms with E-state index in [4.69, 9.17) is 0 Å². The molecule has 0 unspecified atom stereocenters. The van der Waals surface area contributed by atoms with Crippen LogP contribution in [0.5, 0.6) is 0 Å². The smallest absolute Gasteiger partial charge is 0.432 e. The molecular formula is C12H9F3N2O2. The van der Waals surface area contributed by atoms with Gasteiger partial charge in [0.2, 0.25) is 0 Å². The largest absolute Gasteiger partial charge is 0.465 e. The van der Waals surface area contributed by atoms with Gasteiger partial charge in [-0.1, -0.05) is 12.1 Å². The zero-order valence-electron chi connectivity index (χ0n) is 9.78. The minimum atomic E-state index is -4.46. The van der Waals surface area contributed by atoms with Gasteiger partial charge in [0.25, 0.3) is 0 Å². The van der Waals surface area contributed by atoms with Crippen molar-refractivity contribution in [3.63, 3.8) is 0 Å². The molecule has 0 radical (unpaired) electrons. The molecule has 0 aliphatic rings. The average Bonchev–Trinajstić information content (AvgIpc) is 2.87. The third-order valence-electron chi connectivity index (χ3n) is 2.49. The fraction of sp³-hybridized carbons (Fsp3) is 0.167. The zero-order chi connectivity index (χ0) is 14.0. The minimum absolute atomic E-state index is 0.156. The number of carbonyl (C=O) groups is 1. The fourth-order valence-corrected chi connectivity index (χ4v) is 1.51. The van der Waals surface area contributed by atoms with Crippen LogP contribution in [0.1, 0.15) is 16.1 Å². The summed E-state index contributed by atoms with van der Waals surface area (Å²) in [7, 11) is 1.25. The highest BCUT2D eigenvalue weighted by Gasteiger charge is 2.33. The van der Waals surface area contributed by atoms with Gasteiger partial charge in [0.05, 0.1) is 18.4 Å². The highest BCUT2D eigenvalue weighted by atomic mass is 19.4. The van der Waals surface area contributed by atoms with Crippen molar-refractivity contribution in [2.45, 2.75) is 6.18 Å². The summed E-state index contributed by atoms with van der Waals surface area (Å²) >= 11 is 0. The second-order valence-electron chi connectivity index (χ2n) is 3.73. The van der Waals surface area contributed by atoms with E-state index in [9.17, 15) is 18.0 Å². The molecule has 0 amide bonds.